The maximum absolute atomic E-state index is 12.7. The van der Waals surface area contributed by atoms with Gasteiger partial charge in [-0.25, -0.2) is 9.79 Å². The molecule has 2 saturated heterocycles. The Balaban J connectivity index is 1.45. The molecule has 2 fully saturated rings. The zero-order valence-electron chi connectivity index (χ0n) is 18.0. The quantitative estimate of drug-likeness (QED) is 0.718. The van der Waals surface area contributed by atoms with E-state index in [1.54, 1.807) is 11.9 Å². The fourth-order valence-electron chi connectivity index (χ4n) is 4.49. The van der Waals surface area contributed by atoms with Crippen LogP contribution >= 0.6 is 0 Å². The average molecular weight is 413 g/mol. The van der Waals surface area contributed by atoms with E-state index in [0.717, 1.165) is 64.5 Å². The molecule has 3 heterocycles. The summed E-state index contributed by atoms with van der Waals surface area (Å²) in [6.45, 7) is 7.55. The van der Waals surface area contributed by atoms with Crippen molar-refractivity contribution in [3.05, 3.63) is 35.9 Å². The third-order valence-electron chi connectivity index (χ3n) is 6.25. The lowest BCUT2D eigenvalue weighted by atomic mass is 10.1. The zero-order chi connectivity index (χ0) is 21.1. The summed E-state index contributed by atoms with van der Waals surface area (Å²) in [7, 11) is 1.72. The summed E-state index contributed by atoms with van der Waals surface area (Å²) in [6.07, 6.45) is 2.81. The lowest BCUT2D eigenvalue weighted by Crippen LogP contribution is -2.64. The highest BCUT2D eigenvalue weighted by molar-refractivity contribution is 6.03. The molecule has 0 aliphatic carbocycles. The summed E-state index contributed by atoms with van der Waals surface area (Å²) in [6, 6.07) is 9.74. The highest BCUT2D eigenvalue weighted by Gasteiger charge is 2.49. The molecule has 3 aliphatic rings. The van der Waals surface area contributed by atoms with Gasteiger partial charge in [-0.15, -0.1) is 0 Å². The van der Waals surface area contributed by atoms with E-state index >= 15 is 0 Å². The molecule has 2 unspecified atom stereocenters. The molecule has 0 bridgehead atoms. The molecule has 1 aromatic rings. The minimum Gasteiger partial charge on any atom is -0.340 e. The molecule has 3 aliphatic heterocycles. The molecule has 0 radical (unpaired) electrons. The molecule has 2 atom stereocenters. The van der Waals surface area contributed by atoms with Gasteiger partial charge >= 0.3 is 6.03 Å². The van der Waals surface area contributed by atoms with Crippen LogP contribution in [0, 0.1) is 0 Å². The third-order valence-corrected chi connectivity index (χ3v) is 6.25. The highest BCUT2D eigenvalue weighted by Crippen LogP contribution is 2.26. The number of likely N-dealkylation sites (N-methyl/N-ethyl adjacent to an activating group) is 1. The first-order valence-corrected chi connectivity index (χ1v) is 11.0. The number of unbranched alkanes of at least 4 members (excludes halogenated alkanes) is 2. The summed E-state index contributed by atoms with van der Waals surface area (Å²) < 4.78 is 0. The van der Waals surface area contributed by atoms with Gasteiger partial charge in [0.25, 0.3) is 5.91 Å². The molecule has 0 saturated carbocycles. The fourth-order valence-corrected chi connectivity index (χ4v) is 4.49. The maximum atomic E-state index is 12.7. The van der Waals surface area contributed by atoms with E-state index in [1.165, 1.54) is 5.56 Å². The predicted octanol–water partition coefficient (Wildman–Crippen LogP) is 1.54. The number of piperazine rings is 1. The van der Waals surface area contributed by atoms with E-state index in [0.29, 0.717) is 0 Å². The zero-order valence-corrected chi connectivity index (χ0v) is 18.0. The Hall–Kier alpha value is -2.61. The van der Waals surface area contributed by atoms with Crippen molar-refractivity contribution in [3.8, 4) is 0 Å². The van der Waals surface area contributed by atoms with Crippen LogP contribution in [0.5, 0.6) is 0 Å². The number of hydrogen-bond donors (Lipinski definition) is 1. The second-order valence-electron chi connectivity index (χ2n) is 8.34. The summed E-state index contributed by atoms with van der Waals surface area (Å²) in [5.41, 5.74) is 1.33. The van der Waals surface area contributed by atoms with Crippen LogP contribution in [0.15, 0.2) is 35.3 Å². The van der Waals surface area contributed by atoms with Crippen molar-refractivity contribution in [3.63, 3.8) is 0 Å². The number of carbonyl (C=O) groups is 2. The number of carbonyl (C=O) groups excluding carboxylic acids is 2. The normalized spacial score (nSPS) is 24.7. The van der Waals surface area contributed by atoms with E-state index in [2.05, 4.69) is 51.2 Å². The van der Waals surface area contributed by atoms with Crippen molar-refractivity contribution < 1.29 is 9.59 Å². The average Bonchev–Trinajstić information content (AvgIpc) is 3.14. The van der Waals surface area contributed by atoms with Gasteiger partial charge in [-0.05, 0) is 12.0 Å². The van der Waals surface area contributed by atoms with Crippen LogP contribution < -0.4 is 5.32 Å². The second kappa shape index (κ2) is 9.04. The molecule has 162 valence electrons. The molecule has 0 aromatic heterocycles. The van der Waals surface area contributed by atoms with Crippen molar-refractivity contribution in [1.82, 2.24) is 24.9 Å². The van der Waals surface area contributed by atoms with Crippen LogP contribution in [0.3, 0.4) is 0 Å². The van der Waals surface area contributed by atoms with Gasteiger partial charge in [-0.1, -0.05) is 50.1 Å². The van der Waals surface area contributed by atoms with Crippen molar-refractivity contribution in [1.29, 1.82) is 0 Å². The van der Waals surface area contributed by atoms with Gasteiger partial charge in [-0.2, -0.15) is 0 Å². The van der Waals surface area contributed by atoms with Gasteiger partial charge in [0.1, 0.15) is 0 Å². The number of nitrogens with zero attached hydrogens (tertiary/aromatic N) is 5. The minimum absolute atomic E-state index is 0.235. The van der Waals surface area contributed by atoms with Crippen molar-refractivity contribution >= 4 is 17.9 Å². The topological polar surface area (TPSA) is 71.5 Å². The lowest BCUT2D eigenvalue weighted by molar-refractivity contribution is -0.127. The van der Waals surface area contributed by atoms with Crippen LogP contribution in [-0.4, -0.2) is 89.5 Å². The van der Waals surface area contributed by atoms with E-state index < -0.39 is 12.2 Å². The van der Waals surface area contributed by atoms with Crippen LogP contribution in [0.25, 0.3) is 0 Å². The number of hydrogen-bond acceptors (Lipinski definition) is 6. The number of fused-ring (bicyclic) bond motifs is 1. The van der Waals surface area contributed by atoms with Crippen LogP contribution in [0.2, 0.25) is 0 Å². The summed E-state index contributed by atoms with van der Waals surface area (Å²) in [5, 5.41) is 2.49. The van der Waals surface area contributed by atoms with Gasteiger partial charge in [0.15, 0.2) is 18.2 Å². The second-order valence-corrected chi connectivity index (χ2v) is 8.34. The SMILES string of the molecule is CCCCCN1C(N2CCN(Cc3ccccc3)CC2)=NC2C1C(=O)NC(=O)N2C. The van der Waals surface area contributed by atoms with Crippen molar-refractivity contribution in [2.75, 3.05) is 39.8 Å². The number of nitrogens with one attached hydrogen (secondary N) is 1. The number of aliphatic imine (C=N–C) groups is 1. The molecular weight excluding hydrogens is 380 g/mol. The van der Waals surface area contributed by atoms with Crippen molar-refractivity contribution in [2.24, 2.45) is 4.99 Å². The minimum atomic E-state index is -0.440. The van der Waals surface area contributed by atoms with Crippen molar-refractivity contribution in [2.45, 2.75) is 44.9 Å². The summed E-state index contributed by atoms with van der Waals surface area (Å²) in [5.74, 6) is 0.637. The molecule has 3 amide bonds. The molecule has 8 nitrogen and oxygen atoms in total. The molecule has 30 heavy (non-hydrogen) atoms. The fraction of sp³-hybridized carbons (Fsp3) is 0.591. The van der Waals surface area contributed by atoms with E-state index in [4.69, 9.17) is 4.99 Å². The Labute approximate surface area is 178 Å². The monoisotopic (exact) mass is 412 g/mol. The predicted molar refractivity (Wildman–Crippen MR) is 116 cm³/mol. The molecule has 4 rings (SSSR count). The summed E-state index contributed by atoms with van der Waals surface area (Å²) in [4.78, 5) is 38.1. The van der Waals surface area contributed by atoms with Crippen LogP contribution in [0.1, 0.15) is 31.7 Å². The van der Waals surface area contributed by atoms with Gasteiger partial charge in [0.05, 0.1) is 0 Å². The van der Waals surface area contributed by atoms with E-state index in [-0.39, 0.29) is 11.9 Å². The lowest BCUT2D eigenvalue weighted by Gasteiger charge is -2.40. The first-order valence-electron chi connectivity index (χ1n) is 11.0. The first kappa shape index (κ1) is 20.7. The van der Waals surface area contributed by atoms with E-state index in [1.807, 2.05) is 6.07 Å². The molecular formula is C22H32N6O2. The number of imide groups is 1. The molecule has 1 aromatic carbocycles. The Bertz CT molecular complexity index is 790. The Morgan fingerprint density at radius 1 is 1.07 bits per heavy atom. The van der Waals surface area contributed by atoms with Gasteiger partial charge < -0.3 is 14.7 Å². The van der Waals surface area contributed by atoms with Crippen LogP contribution in [0.4, 0.5) is 4.79 Å². The highest BCUT2D eigenvalue weighted by atomic mass is 16.2. The Morgan fingerprint density at radius 3 is 2.50 bits per heavy atom. The number of amides is 3. The molecule has 8 heteroatoms. The standard InChI is InChI=1S/C22H32N6O2/c1-3-4-8-11-28-18-19(25(2)22(30)24-20(18)29)23-21(28)27-14-12-26(13-15-27)16-17-9-6-5-7-10-17/h5-7,9-10,18-19H,3-4,8,11-16H2,1-2H3,(H,24,29,30). The van der Waals surface area contributed by atoms with Gasteiger partial charge in [0.2, 0.25) is 0 Å². The molecule has 1 N–H and O–H groups in total. The van der Waals surface area contributed by atoms with E-state index in [9.17, 15) is 9.59 Å². The summed E-state index contributed by atoms with van der Waals surface area (Å²) >= 11 is 0. The molecule has 0 spiro atoms. The van der Waals surface area contributed by atoms with Gasteiger partial charge in [-0.3, -0.25) is 15.0 Å². The maximum Gasteiger partial charge on any atom is 0.325 e. The number of guanidine groups is 1. The third kappa shape index (κ3) is 4.14. The Kier molecular flexibility index (Phi) is 6.22. The largest absolute Gasteiger partial charge is 0.340 e. The number of benzene rings is 1. The van der Waals surface area contributed by atoms with Crippen LogP contribution in [-0.2, 0) is 11.3 Å². The number of rotatable bonds is 6. The van der Waals surface area contributed by atoms with Gasteiger partial charge in [0, 0.05) is 46.3 Å². The number of urea groups is 1. The smallest absolute Gasteiger partial charge is 0.325 e. The Morgan fingerprint density at radius 2 is 1.80 bits per heavy atom. The first-order chi connectivity index (χ1) is 14.6.